The molecule has 4 unspecified atom stereocenters. The van der Waals surface area contributed by atoms with Crippen LogP contribution in [-0.2, 0) is 24.4 Å². The van der Waals surface area contributed by atoms with Crippen LogP contribution in [0.5, 0.6) is 5.75 Å². The smallest absolute Gasteiger partial charge is 0.453 e. The summed E-state index contributed by atoms with van der Waals surface area (Å²) in [7, 11) is -2.96. The van der Waals surface area contributed by atoms with Gasteiger partial charge < -0.3 is 28.9 Å². The van der Waals surface area contributed by atoms with Gasteiger partial charge in [-0.15, -0.1) is 0 Å². The Balaban J connectivity index is 1.24. The minimum absolute atomic E-state index is 0.0529. The Morgan fingerprint density at radius 3 is 2.39 bits per heavy atom. The fourth-order valence-electron chi connectivity index (χ4n) is 7.09. The summed E-state index contributed by atoms with van der Waals surface area (Å²) in [5, 5.41) is 2.43. The van der Waals surface area contributed by atoms with Crippen molar-refractivity contribution in [3.05, 3.63) is 59.5 Å². The largest absolute Gasteiger partial charge is 0.534 e. The van der Waals surface area contributed by atoms with Crippen LogP contribution in [0, 0.1) is 5.92 Å². The summed E-state index contributed by atoms with van der Waals surface area (Å²) in [4.78, 5) is 34.1. The molecule has 246 valence electrons. The maximum atomic E-state index is 13.1. The molecule has 4 atom stereocenters. The lowest BCUT2D eigenvalue weighted by Crippen LogP contribution is -2.40. The molecule has 0 radical (unpaired) electrons. The standard InChI is InChI=1S/C31H33F3N4O7S/c1-43-16-17-11-24(38(15-17)26(39)14-36-30(40)44-2)29-35-13-23(37-29)19-5-3-18(4-6-19)22-9-10-25(45-46(41,42)31(32,33)34)28-21-8-7-20(12-21)27(22)28/h3-6,9-10,13,17,20-21,24H,7-8,11-12,14-16H2,1-2H3,(H,35,37)(H,36,40). The van der Waals surface area contributed by atoms with Gasteiger partial charge in [0.05, 0.1) is 31.6 Å². The number of carbonyl (C=O) groups is 2. The number of alkyl halides is 3. The number of likely N-dealkylation sites (tertiary alicyclic amines) is 1. The summed E-state index contributed by atoms with van der Waals surface area (Å²) in [6, 6.07) is 10.2. The maximum absolute atomic E-state index is 13.1. The maximum Gasteiger partial charge on any atom is 0.534 e. The van der Waals surface area contributed by atoms with Gasteiger partial charge in [-0.2, -0.15) is 21.6 Å². The second-order valence-corrected chi connectivity index (χ2v) is 13.4. The Hall–Kier alpha value is -4.11. The number of aromatic nitrogens is 2. The van der Waals surface area contributed by atoms with Crippen LogP contribution in [0.1, 0.15) is 60.5 Å². The van der Waals surface area contributed by atoms with E-state index in [4.69, 9.17) is 4.74 Å². The van der Waals surface area contributed by atoms with Gasteiger partial charge in [-0.1, -0.05) is 30.3 Å². The number of rotatable bonds is 9. The van der Waals surface area contributed by atoms with Crippen molar-refractivity contribution in [1.82, 2.24) is 20.2 Å². The zero-order valence-electron chi connectivity index (χ0n) is 25.1. The van der Waals surface area contributed by atoms with Crippen LogP contribution < -0.4 is 9.50 Å². The Morgan fingerprint density at radius 2 is 1.72 bits per heavy atom. The molecule has 3 aliphatic rings. The minimum atomic E-state index is -5.79. The van der Waals surface area contributed by atoms with Crippen LogP contribution in [0.4, 0.5) is 18.0 Å². The molecule has 2 amide bonds. The number of ether oxygens (including phenoxy) is 2. The van der Waals surface area contributed by atoms with Gasteiger partial charge in [0.25, 0.3) is 0 Å². The predicted molar refractivity (Wildman–Crippen MR) is 159 cm³/mol. The van der Waals surface area contributed by atoms with E-state index in [1.807, 2.05) is 24.3 Å². The molecule has 1 aliphatic heterocycles. The first-order valence-electron chi connectivity index (χ1n) is 14.8. The van der Waals surface area contributed by atoms with Gasteiger partial charge in [0.15, 0.2) is 0 Å². The molecule has 2 fully saturated rings. The van der Waals surface area contributed by atoms with Crippen molar-refractivity contribution in [1.29, 1.82) is 0 Å². The molecular formula is C31H33F3N4O7S. The molecule has 0 spiro atoms. The van der Waals surface area contributed by atoms with E-state index in [0.717, 1.165) is 47.2 Å². The molecule has 2 aliphatic carbocycles. The molecule has 1 saturated carbocycles. The van der Waals surface area contributed by atoms with Crippen molar-refractivity contribution in [2.24, 2.45) is 5.92 Å². The zero-order chi connectivity index (χ0) is 32.8. The van der Waals surface area contributed by atoms with Crippen molar-refractivity contribution < 1.29 is 44.8 Å². The summed E-state index contributed by atoms with van der Waals surface area (Å²) in [5.74, 6) is 0.226. The van der Waals surface area contributed by atoms with Crippen LogP contribution in [0.3, 0.4) is 0 Å². The van der Waals surface area contributed by atoms with Gasteiger partial charge in [0.1, 0.15) is 18.1 Å². The molecule has 46 heavy (non-hydrogen) atoms. The van der Waals surface area contributed by atoms with Crippen LogP contribution in [0.2, 0.25) is 0 Å². The number of amides is 2. The number of benzene rings is 2. The lowest BCUT2D eigenvalue weighted by Gasteiger charge is -2.23. The van der Waals surface area contributed by atoms with E-state index < -0.39 is 21.7 Å². The first kappa shape index (κ1) is 31.9. The number of nitrogens with one attached hydrogen (secondary N) is 2. The van der Waals surface area contributed by atoms with Crippen molar-refractivity contribution >= 4 is 22.1 Å². The van der Waals surface area contributed by atoms with E-state index in [9.17, 15) is 31.2 Å². The molecule has 1 saturated heterocycles. The number of carbonyl (C=O) groups excluding carboxylic acids is 2. The lowest BCUT2D eigenvalue weighted by atomic mass is 9.85. The number of hydrogen-bond donors (Lipinski definition) is 2. The number of imidazole rings is 1. The first-order valence-corrected chi connectivity index (χ1v) is 16.2. The number of alkyl carbamates (subject to hydrolysis) is 1. The van der Waals surface area contributed by atoms with E-state index >= 15 is 0 Å². The highest BCUT2D eigenvalue weighted by atomic mass is 32.2. The second-order valence-electron chi connectivity index (χ2n) is 11.9. The number of hydrogen-bond acceptors (Lipinski definition) is 8. The van der Waals surface area contributed by atoms with Crippen LogP contribution in [0.15, 0.2) is 42.6 Å². The monoisotopic (exact) mass is 662 g/mol. The van der Waals surface area contributed by atoms with Crippen molar-refractivity contribution in [2.45, 2.75) is 49.1 Å². The van der Waals surface area contributed by atoms with Gasteiger partial charge in [0, 0.05) is 25.1 Å². The number of aromatic amines is 1. The van der Waals surface area contributed by atoms with Crippen molar-refractivity contribution in [3.8, 4) is 28.1 Å². The zero-order valence-corrected chi connectivity index (χ0v) is 25.9. The summed E-state index contributed by atoms with van der Waals surface area (Å²) < 4.78 is 77.4. The molecular weight excluding hydrogens is 629 g/mol. The average molecular weight is 663 g/mol. The number of halogens is 3. The van der Waals surface area contributed by atoms with Gasteiger partial charge in [0.2, 0.25) is 5.91 Å². The molecule has 1 aromatic heterocycles. The summed E-state index contributed by atoms with van der Waals surface area (Å²) >= 11 is 0. The van der Waals surface area contributed by atoms with Crippen LogP contribution in [-0.4, -0.2) is 74.7 Å². The fourth-order valence-corrected chi connectivity index (χ4v) is 7.57. The fraction of sp³-hybridized carbons (Fsp3) is 0.452. The van der Waals surface area contributed by atoms with Gasteiger partial charge >= 0.3 is 21.7 Å². The lowest BCUT2D eigenvalue weighted by molar-refractivity contribution is -0.131. The van der Waals surface area contributed by atoms with Gasteiger partial charge in [-0.3, -0.25) is 4.79 Å². The molecule has 2 aromatic carbocycles. The number of methoxy groups -OCH3 is 2. The highest BCUT2D eigenvalue weighted by molar-refractivity contribution is 7.88. The highest BCUT2D eigenvalue weighted by Crippen LogP contribution is 2.58. The van der Waals surface area contributed by atoms with E-state index in [2.05, 4.69) is 24.2 Å². The van der Waals surface area contributed by atoms with Crippen molar-refractivity contribution in [3.63, 3.8) is 0 Å². The SMILES string of the molecule is COCC1CC(c2ncc(-c3ccc(-c4ccc(OS(=O)(=O)C(F)(F)F)c5c4C4CCC5C4)cc3)[nH]2)N(C(=O)CNC(=O)OC)C1. The molecule has 6 rings (SSSR count). The minimum Gasteiger partial charge on any atom is -0.453 e. The Morgan fingerprint density at radius 1 is 1.02 bits per heavy atom. The third-order valence-electron chi connectivity index (χ3n) is 9.08. The third-order valence-corrected chi connectivity index (χ3v) is 10.0. The molecule has 2 N–H and O–H groups in total. The Kier molecular flexibility index (Phi) is 8.48. The summed E-state index contributed by atoms with van der Waals surface area (Å²) in [5.41, 5.74) is -0.895. The van der Waals surface area contributed by atoms with E-state index in [-0.39, 0.29) is 42.0 Å². The second kappa shape index (κ2) is 12.2. The Bertz CT molecular complexity index is 1740. The van der Waals surface area contributed by atoms with E-state index in [1.54, 1.807) is 24.3 Å². The molecule has 2 heterocycles. The first-order chi connectivity index (χ1) is 21.9. The molecule has 2 bridgehead atoms. The number of nitrogens with zero attached hydrogens (tertiary/aromatic N) is 2. The Labute approximate surface area is 263 Å². The average Bonchev–Trinajstić information content (AvgIpc) is 3.84. The molecule has 15 heteroatoms. The predicted octanol–water partition coefficient (Wildman–Crippen LogP) is 5.23. The van der Waals surface area contributed by atoms with Gasteiger partial charge in [-0.25, -0.2) is 9.78 Å². The molecule has 3 aromatic rings. The summed E-state index contributed by atoms with van der Waals surface area (Å²) in [6.07, 6.45) is 4.00. The number of fused-ring (bicyclic) bond motifs is 5. The molecule has 11 nitrogen and oxygen atoms in total. The van der Waals surface area contributed by atoms with E-state index in [1.165, 1.54) is 13.2 Å². The normalized spacial score (nSPS) is 22.2. The van der Waals surface area contributed by atoms with E-state index in [0.29, 0.717) is 31.0 Å². The van der Waals surface area contributed by atoms with Crippen molar-refractivity contribution in [2.75, 3.05) is 33.9 Å². The highest BCUT2D eigenvalue weighted by Gasteiger charge is 2.50. The van der Waals surface area contributed by atoms with Crippen LogP contribution >= 0.6 is 0 Å². The summed E-state index contributed by atoms with van der Waals surface area (Å²) in [6.45, 7) is 0.702. The topological polar surface area (TPSA) is 140 Å². The third kappa shape index (κ3) is 5.93. The quantitative estimate of drug-likeness (QED) is 0.235. The van der Waals surface area contributed by atoms with Gasteiger partial charge in [-0.05, 0) is 65.8 Å². The number of H-pyrrole nitrogens is 1. The van der Waals surface area contributed by atoms with Crippen LogP contribution in [0.25, 0.3) is 22.4 Å².